The average Bonchev–Trinajstić information content (AvgIpc) is 2.83. The van der Waals surface area contributed by atoms with Gasteiger partial charge in [-0.2, -0.15) is 0 Å². The second kappa shape index (κ2) is 9.36. The molecule has 0 spiro atoms. The number of amides is 1. The van der Waals surface area contributed by atoms with Gasteiger partial charge in [0, 0.05) is 27.8 Å². The Kier molecular flexibility index (Phi) is 6.37. The normalized spacial score (nSPS) is 11.8. The van der Waals surface area contributed by atoms with Crippen LogP contribution in [0.3, 0.4) is 0 Å². The zero-order valence-electron chi connectivity index (χ0n) is 17.9. The zero-order chi connectivity index (χ0) is 22.7. The summed E-state index contributed by atoms with van der Waals surface area (Å²) >= 11 is 3.50. The van der Waals surface area contributed by atoms with Crippen LogP contribution in [0.1, 0.15) is 28.9 Å². The molecule has 1 amide bonds. The molecule has 0 aliphatic heterocycles. The summed E-state index contributed by atoms with van der Waals surface area (Å²) in [5.41, 5.74) is 3.72. The van der Waals surface area contributed by atoms with Crippen molar-refractivity contribution in [3.63, 3.8) is 0 Å². The second-order valence-corrected chi connectivity index (χ2v) is 8.18. The van der Waals surface area contributed by atoms with Crippen LogP contribution in [0.15, 0.2) is 71.5 Å². The molecule has 0 radical (unpaired) electrons. The number of fused-ring (bicyclic) bond motifs is 1. The number of rotatable bonds is 6. The first-order chi connectivity index (χ1) is 15.5. The number of nitrogens with zero attached hydrogens (tertiary/aromatic N) is 2. The van der Waals surface area contributed by atoms with E-state index in [1.54, 1.807) is 26.6 Å². The average molecular weight is 492 g/mol. The summed E-state index contributed by atoms with van der Waals surface area (Å²) < 4.78 is 11.6. The standard InChI is InChI=1S/C25H22BrN3O3/c1-15(16-6-9-23(31-2)24(11-16)32-3)28-25(30)20-13-22(17-5-4-10-27-14-17)29-21-8-7-18(26)12-19(20)21/h4-15H,1-3H3,(H,28,30)/t15-/m0/s1. The van der Waals surface area contributed by atoms with E-state index in [9.17, 15) is 4.79 Å². The summed E-state index contributed by atoms with van der Waals surface area (Å²) in [5.74, 6) is 1.06. The molecule has 4 aromatic rings. The molecule has 0 unspecified atom stereocenters. The summed E-state index contributed by atoms with van der Waals surface area (Å²) in [7, 11) is 3.18. The number of benzene rings is 2. The number of pyridine rings is 2. The highest BCUT2D eigenvalue weighted by Crippen LogP contribution is 2.31. The van der Waals surface area contributed by atoms with Gasteiger partial charge in [-0.25, -0.2) is 4.98 Å². The second-order valence-electron chi connectivity index (χ2n) is 7.27. The molecule has 1 atom stereocenters. The topological polar surface area (TPSA) is 73.3 Å². The summed E-state index contributed by atoms with van der Waals surface area (Å²) in [4.78, 5) is 22.3. The van der Waals surface area contributed by atoms with Crippen LogP contribution in [0.2, 0.25) is 0 Å². The van der Waals surface area contributed by atoms with E-state index in [2.05, 4.69) is 26.2 Å². The number of halogens is 1. The van der Waals surface area contributed by atoms with E-state index in [0.717, 1.165) is 26.5 Å². The van der Waals surface area contributed by atoms with Crippen LogP contribution in [0.5, 0.6) is 11.5 Å². The van der Waals surface area contributed by atoms with Crippen LogP contribution in [0, 0.1) is 0 Å². The van der Waals surface area contributed by atoms with Gasteiger partial charge in [-0.05, 0) is 61.0 Å². The fourth-order valence-electron chi connectivity index (χ4n) is 3.53. The van der Waals surface area contributed by atoms with E-state index in [1.165, 1.54) is 0 Å². The minimum absolute atomic E-state index is 0.192. The Morgan fingerprint density at radius 3 is 2.56 bits per heavy atom. The number of hydrogen-bond donors (Lipinski definition) is 1. The predicted octanol–water partition coefficient (Wildman–Crippen LogP) is 5.57. The van der Waals surface area contributed by atoms with Gasteiger partial charge in [0.2, 0.25) is 0 Å². The Morgan fingerprint density at radius 2 is 1.84 bits per heavy atom. The van der Waals surface area contributed by atoms with E-state index in [1.807, 2.05) is 61.5 Å². The summed E-state index contributed by atoms with van der Waals surface area (Å²) in [6.07, 6.45) is 3.45. The molecule has 0 saturated carbocycles. The van der Waals surface area contributed by atoms with Crippen molar-refractivity contribution < 1.29 is 14.3 Å². The largest absolute Gasteiger partial charge is 0.493 e. The van der Waals surface area contributed by atoms with Crippen molar-refractivity contribution in [2.24, 2.45) is 0 Å². The number of ether oxygens (including phenoxy) is 2. The lowest BCUT2D eigenvalue weighted by Crippen LogP contribution is -2.27. The third-order valence-corrected chi connectivity index (χ3v) is 5.72. The maximum atomic E-state index is 13.4. The Balaban J connectivity index is 1.72. The molecule has 7 heteroatoms. The molecule has 0 saturated heterocycles. The van der Waals surface area contributed by atoms with Crippen LogP contribution in [-0.2, 0) is 0 Å². The molecule has 2 aromatic carbocycles. The number of hydrogen-bond acceptors (Lipinski definition) is 5. The fourth-order valence-corrected chi connectivity index (χ4v) is 3.89. The first kappa shape index (κ1) is 21.8. The number of aromatic nitrogens is 2. The number of nitrogens with one attached hydrogen (secondary N) is 1. The smallest absolute Gasteiger partial charge is 0.252 e. The lowest BCUT2D eigenvalue weighted by Gasteiger charge is -2.18. The highest BCUT2D eigenvalue weighted by Gasteiger charge is 2.18. The number of carbonyl (C=O) groups is 1. The van der Waals surface area contributed by atoms with Crippen molar-refractivity contribution in [1.82, 2.24) is 15.3 Å². The highest BCUT2D eigenvalue weighted by atomic mass is 79.9. The first-order valence-electron chi connectivity index (χ1n) is 10.0. The van der Waals surface area contributed by atoms with Gasteiger partial charge in [0.1, 0.15) is 0 Å². The molecule has 0 bridgehead atoms. The summed E-state index contributed by atoms with van der Waals surface area (Å²) in [6, 6.07) is 16.7. The van der Waals surface area contributed by atoms with Gasteiger partial charge in [-0.1, -0.05) is 22.0 Å². The van der Waals surface area contributed by atoms with Gasteiger partial charge in [-0.15, -0.1) is 0 Å². The predicted molar refractivity (Wildman–Crippen MR) is 128 cm³/mol. The van der Waals surface area contributed by atoms with Gasteiger partial charge < -0.3 is 14.8 Å². The lowest BCUT2D eigenvalue weighted by molar-refractivity contribution is 0.0941. The minimum Gasteiger partial charge on any atom is -0.493 e. The molecule has 2 heterocycles. The van der Waals surface area contributed by atoms with Crippen molar-refractivity contribution >= 4 is 32.7 Å². The van der Waals surface area contributed by atoms with E-state index in [4.69, 9.17) is 14.5 Å². The molecular formula is C25H22BrN3O3. The zero-order valence-corrected chi connectivity index (χ0v) is 19.5. The van der Waals surface area contributed by atoms with E-state index in [-0.39, 0.29) is 11.9 Å². The van der Waals surface area contributed by atoms with Crippen molar-refractivity contribution in [2.45, 2.75) is 13.0 Å². The Hall–Kier alpha value is -3.45. The van der Waals surface area contributed by atoms with Crippen LogP contribution in [0.4, 0.5) is 0 Å². The molecule has 4 rings (SSSR count). The van der Waals surface area contributed by atoms with Crippen molar-refractivity contribution in [3.05, 3.63) is 82.6 Å². The SMILES string of the molecule is COc1ccc([C@H](C)NC(=O)c2cc(-c3cccnc3)nc3ccc(Br)cc23)cc1OC. The third-order valence-electron chi connectivity index (χ3n) is 5.23. The maximum absolute atomic E-state index is 13.4. The lowest BCUT2D eigenvalue weighted by atomic mass is 10.0. The van der Waals surface area contributed by atoms with Crippen LogP contribution in [0.25, 0.3) is 22.2 Å². The molecule has 2 aromatic heterocycles. The summed E-state index contributed by atoms with van der Waals surface area (Å²) in [6.45, 7) is 1.93. The van der Waals surface area contributed by atoms with Crippen molar-refractivity contribution in [1.29, 1.82) is 0 Å². The Labute approximate surface area is 194 Å². The molecule has 1 N–H and O–H groups in total. The van der Waals surface area contributed by atoms with E-state index >= 15 is 0 Å². The minimum atomic E-state index is -0.250. The van der Waals surface area contributed by atoms with Crippen LogP contribution < -0.4 is 14.8 Å². The molecule has 162 valence electrons. The molecule has 0 aliphatic carbocycles. The molecule has 0 aliphatic rings. The fraction of sp³-hybridized carbons (Fsp3) is 0.160. The van der Waals surface area contributed by atoms with E-state index in [0.29, 0.717) is 22.8 Å². The van der Waals surface area contributed by atoms with Gasteiger partial charge in [0.25, 0.3) is 5.91 Å². The number of carbonyl (C=O) groups excluding carboxylic acids is 1. The third kappa shape index (κ3) is 4.43. The van der Waals surface area contributed by atoms with Crippen molar-refractivity contribution in [3.8, 4) is 22.8 Å². The molecule has 6 nitrogen and oxygen atoms in total. The number of methoxy groups -OCH3 is 2. The highest BCUT2D eigenvalue weighted by molar-refractivity contribution is 9.10. The van der Waals surface area contributed by atoms with Gasteiger partial charge >= 0.3 is 0 Å². The monoisotopic (exact) mass is 491 g/mol. The summed E-state index contributed by atoms with van der Waals surface area (Å²) in [5, 5.41) is 3.87. The maximum Gasteiger partial charge on any atom is 0.252 e. The first-order valence-corrected chi connectivity index (χ1v) is 10.8. The van der Waals surface area contributed by atoms with Gasteiger partial charge in [0.15, 0.2) is 11.5 Å². The van der Waals surface area contributed by atoms with E-state index < -0.39 is 0 Å². The molecule has 32 heavy (non-hydrogen) atoms. The quantitative estimate of drug-likeness (QED) is 0.381. The Morgan fingerprint density at radius 1 is 1.03 bits per heavy atom. The van der Waals surface area contributed by atoms with Crippen LogP contribution >= 0.6 is 15.9 Å². The Bertz CT molecular complexity index is 1280. The molecular weight excluding hydrogens is 470 g/mol. The van der Waals surface area contributed by atoms with Gasteiger partial charge in [-0.3, -0.25) is 9.78 Å². The van der Waals surface area contributed by atoms with Crippen LogP contribution in [-0.4, -0.2) is 30.1 Å². The van der Waals surface area contributed by atoms with Gasteiger partial charge in [0.05, 0.1) is 37.0 Å². The molecule has 0 fully saturated rings. The van der Waals surface area contributed by atoms with Crippen molar-refractivity contribution in [2.75, 3.05) is 14.2 Å².